The van der Waals surface area contributed by atoms with E-state index in [0.29, 0.717) is 10.8 Å². The minimum Gasteiger partial charge on any atom is -0.392 e. The summed E-state index contributed by atoms with van der Waals surface area (Å²) in [5.74, 6) is -0.285. The van der Waals surface area contributed by atoms with Gasteiger partial charge in [-0.05, 0) is 48.7 Å². The van der Waals surface area contributed by atoms with Crippen LogP contribution in [-0.2, 0) is 6.61 Å². The van der Waals surface area contributed by atoms with Gasteiger partial charge >= 0.3 is 0 Å². The summed E-state index contributed by atoms with van der Waals surface area (Å²) in [5, 5.41) is 14.5. The molecule has 0 spiro atoms. The fourth-order valence-corrected chi connectivity index (χ4v) is 3.06. The molecular weight excluding hydrogens is 322 g/mol. The number of pyridine rings is 1. The lowest BCUT2D eigenvalue weighted by atomic mass is 10.0. The summed E-state index contributed by atoms with van der Waals surface area (Å²) in [6, 6.07) is 11.3. The summed E-state index contributed by atoms with van der Waals surface area (Å²) < 4.78 is 0. The van der Waals surface area contributed by atoms with Crippen molar-refractivity contribution in [1.29, 1.82) is 0 Å². The minimum absolute atomic E-state index is 0.0192. The van der Waals surface area contributed by atoms with E-state index in [9.17, 15) is 9.90 Å². The maximum absolute atomic E-state index is 12.4. The number of rotatable bonds is 4. The number of nitrogens with zero attached hydrogens (tertiary/aromatic N) is 2. The molecule has 24 heavy (non-hydrogen) atoms. The Balaban J connectivity index is 1.92. The Labute approximate surface area is 144 Å². The molecule has 0 aliphatic carbocycles. The smallest absolute Gasteiger partial charge is 0.276 e. The van der Waals surface area contributed by atoms with Crippen molar-refractivity contribution in [3.8, 4) is 11.1 Å². The first-order valence-corrected chi connectivity index (χ1v) is 8.35. The molecule has 1 aromatic carbocycles. The van der Waals surface area contributed by atoms with Gasteiger partial charge in [-0.1, -0.05) is 18.2 Å². The van der Waals surface area contributed by atoms with E-state index >= 15 is 0 Å². The van der Waals surface area contributed by atoms with Crippen LogP contribution in [0.2, 0.25) is 0 Å². The second-order valence-corrected chi connectivity index (χ2v) is 6.35. The number of aryl methyl sites for hydroxylation is 2. The van der Waals surface area contributed by atoms with Crippen molar-refractivity contribution < 1.29 is 9.90 Å². The van der Waals surface area contributed by atoms with Crippen LogP contribution in [0.15, 0.2) is 41.8 Å². The Morgan fingerprint density at radius 2 is 1.96 bits per heavy atom. The molecule has 0 saturated carbocycles. The molecule has 5 nitrogen and oxygen atoms in total. The number of thiazole rings is 1. The standard InChI is InChI=1S/C18H17N3O2S/c1-11-6-15(14-5-3-4-13(7-14)9-22)8-16(19-11)17(23)21-18-20-12(2)10-24-18/h3-8,10,22H,9H2,1-2H3,(H,20,21,23). The van der Waals surface area contributed by atoms with E-state index in [4.69, 9.17) is 0 Å². The highest BCUT2D eigenvalue weighted by molar-refractivity contribution is 7.13. The SMILES string of the molecule is Cc1cc(-c2cccc(CO)c2)cc(C(=O)Nc2nc(C)cs2)n1. The van der Waals surface area contributed by atoms with Gasteiger partial charge in [-0.25, -0.2) is 9.97 Å². The van der Waals surface area contributed by atoms with Crippen molar-refractivity contribution in [2.45, 2.75) is 20.5 Å². The number of benzene rings is 1. The zero-order valence-electron chi connectivity index (χ0n) is 13.4. The maximum atomic E-state index is 12.4. The predicted molar refractivity (Wildman–Crippen MR) is 95.1 cm³/mol. The van der Waals surface area contributed by atoms with E-state index in [-0.39, 0.29) is 12.5 Å². The number of aromatic nitrogens is 2. The van der Waals surface area contributed by atoms with E-state index in [1.54, 1.807) is 6.07 Å². The molecule has 0 aliphatic rings. The van der Waals surface area contributed by atoms with Gasteiger partial charge in [-0.15, -0.1) is 11.3 Å². The number of nitrogens with one attached hydrogen (secondary N) is 1. The molecule has 6 heteroatoms. The van der Waals surface area contributed by atoms with Gasteiger partial charge in [-0.3, -0.25) is 10.1 Å². The van der Waals surface area contributed by atoms with Crippen LogP contribution in [0, 0.1) is 13.8 Å². The molecule has 2 N–H and O–H groups in total. The van der Waals surface area contributed by atoms with Crippen LogP contribution in [-0.4, -0.2) is 21.0 Å². The summed E-state index contributed by atoms with van der Waals surface area (Å²) in [7, 11) is 0. The Kier molecular flexibility index (Phi) is 4.69. The van der Waals surface area contributed by atoms with Crippen molar-refractivity contribution in [3.05, 3.63) is 64.4 Å². The number of carbonyl (C=O) groups excluding carboxylic acids is 1. The number of amides is 1. The molecular formula is C18H17N3O2S. The Bertz CT molecular complexity index is 889. The van der Waals surface area contributed by atoms with E-state index in [0.717, 1.165) is 28.1 Å². The van der Waals surface area contributed by atoms with Crippen molar-refractivity contribution in [2.75, 3.05) is 5.32 Å². The first kappa shape index (κ1) is 16.3. The molecule has 0 unspecified atom stereocenters. The third kappa shape index (κ3) is 3.67. The minimum atomic E-state index is -0.285. The zero-order valence-corrected chi connectivity index (χ0v) is 14.2. The van der Waals surface area contributed by atoms with Crippen LogP contribution in [0.25, 0.3) is 11.1 Å². The zero-order chi connectivity index (χ0) is 17.1. The van der Waals surface area contributed by atoms with Gasteiger partial charge in [0.1, 0.15) is 5.69 Å². The molecule has 122 valence electrons. The number of aliphatic hydroxyl groups is 1. The Morgan fingerprint density at radius 1 is 1.12 bits per heavy atom. The average Bonchev–Trinajstić information content (AvgIpc) is 2.99. The van der Waals surface area contributed by atoms with Gasteiger partial charge in [0, 0.05) is 11.1 Å². The summed E-state index contributed by atoms with van der Waals surface area (Å²) in [6.45, 7) is 3.71. The van der Waals surface area contributed by atoms with Gasteiger partial charge < -0.3 is 5.11 Å². The Hall–Kier alpha value is -2.57. The monoisotopic (exact) mass is 339 g/mol. The lowest BCUT2D eigenvalue weighted by Crippen LogP contribution is -2.14. The molecule has 0 bridgehead atoms. The molecule has 0 fully saturated rings. The predicted octanol–water partition coefficient (Wildman–Crippen LogP) is 3.57. The number of anilines is 1. The van der Waals surface area contributed by atoms with Crippen LogP contribution in [0.4, 0.5) is 5.13 Å². The van der Waals surface area contributed by atoms with Crippen molar-refractivity contribution >= 4 is 22.4 Å². The molecule has 2 aromatic heterocycles. The van der Waals surface area contributed by atoms with E-state index in [1.807, 2.05) is 49.6 Å². The van der Waals surface area contributed by atoms with Crippen molar-refractivity contribution in [1.82, 2.24) is 9.97 Å². The first-order chi connectivity index (χ1) is 11.5. The average molecular weight is 339 g/mol. The van der Waals surface area contributed by atoms with Gasteiger partial charge in [0.15, 0.2) is 5.13 Å². The molecule has 0 atom stereocenters. The van der Waals surface area contributed by atoms with Crippen LogP contribution < -0.4 is 5.32 Å². The third-order valence-electron chi connectivity index (χ3n) is 3.47. The van der Waals surface area contributed by atoms with E-state index < -0.39 is 0 Å². The van der Waals surface area contributed by atoms with Gasteiger partial charge in [-0.2, -0.15) is 0 Å². The summed E-state index contributed by atoms with van der Waals surface area (Å²) >= 11 is 1.38. The van der Waals surface area contributed by atoms with Gasteiger partial charge in [0.25, 0.3) is 5.91 Å². The number of aliphatic hydroxyl groups excluding tert-OH is 1. The van der Waals surface area contributed by atoms with E-state index in [1.165, 1.54) is 11.3 Å². The molecule has 1 amide bonds. The summed E-state index contributed by atoms with van der Waals surface area (Å²) in [4.78, 5) is 21.0. The van der Waals surface area contributed by atoms with Crippen molar-refractivity contribution in [2.24, 2.45) is 0 Å². The highest BCUT2D eigenvalue weighted by Crippen LogP contribution is 2.23. The first-order valence-electron chi connectivity index (χ1n) is 7.47. The van der Waals surface area contributed by atoms with Crippen LogP contribution >= 0.6 is 11.3 Å². The van der Waals surface area contributed by atoms with Crippen LogP contribution in [0.3, 0.4) is 0 Å². The maximum Gasteiger partial charge on any atom is 0.276 e. The van der Waals surface area contributed by atoms with Crippen LogP contribution in [0.1, 0.15) is 27.4 Å². The molecule has 0 aliphatic heterocycles. The second kappa shape index (κ2) is 6.90. The third-order valence-corrected chi connectivity index (χ3v) is 4.34. The normalized spacial score (nSPS) is 10.6. The van der Waals surface area contributed by atoms with Crippen LogP contribution in [0.5, 0.6) is 0 Å². The summed E-state index contributed by atoms with van der Waals surface area (Å²) in [6.07, 6.45) is 0. The topological polar surface area (TPSA) is 75.1 Å². The number of hydrogen-bond donors (Lipinski definition) is 2. The second-order valence-electron chi connectivity index (χ2n) is 5.49. The quantitative estimate of drug-likeness (QED) is 0.762. The van der Waals surface area contributed by atoms with Crippen molar-refractivity contribution in [3.63, 3.8) is 0 Å². The molecule has 2 heterocycles. The highest BCUT2D eigenvalue weighted by Gasteiger charge is 2.12. The fourth-order valence-electron chi connectivity index (χ4n) is 2.37. The molecule has 0 radical (unpaired) electrons. The number of hydrogen-bond acceptors (Lipinski definition) is 5. The fraction of sp³-hybridized carbons (Fsp3) is 0.167. The lowest BCUT2D eigenvalue weighted by Gasteiger charge is -2.08. The summed E-state index contributed by atoms with van der Waals surface area (Å²) in [5.41, 5.74) is 4.61. The molecule has 3 rings (SSSR count). The highest BCUT2D eigenvalue weighted by atomic mass is 32.1. The Morgan fingerprint density at radius 3 is 2.67 bits per heavy atom. The van der Waals surface area contributed by atoms with Gasteiger partial charge in [0.05, 0.1) is 12.3 Å². The lowest BCUT2D eigenvalue weighted by molar-refractivity contribution is 0.102. The molecule has 0 saturated heterocycles. The molecule has 3 aromatic rings. The largest absolute Gasteiger partial charge is 0.392 e. The van der Waals surface area contributed by atoms with Gasteiger partial charge in [0.2, 0.25) is 0 Å². The van der Waals surface area contributed by atoms with E-state index in [2.05, 4.69) is 15.3 Å². The number of carbonyl (C=O) groups is 1.